The summed E-state index contributed by atoms with van der Waals surface area (Å²) in [5, 5.41) is 3.40. The molecule has 10 nitrogen and oxygen atoms in total. The number of hydrogen-bond donors (Lipinski definition) is 3. The number of primary amides is 1. The molecular formula is C20H25N5O5S. The Morgan fingerprint density at radius 3 is 2.65 bits per heavy atom. The van der Waals surface area contributed by atoms with Crippen LogP contribution in [0.2, 0.25) is 0 Å². The average Bonchev–Trinajstić information content (AvgIpc) is 3.21. The molecule has 0 saturated carbocycles. The van der Waals surface area contributed by atoms with E-state index in [2.05, 4.69) is 20.2 Å². The summed E-state index contributed by atoms with van der Waals surface area (Å²) in [6, 6.07) is 5.58. The lowest BCUT2D eigenvalue weighted by Crippen LogP contribution is -2.45. The fourth-order valence-electron chi connectivity index (χ4n) is 3.90. The number of aromatic nitrogens is 2. The van der Waals surface area contributed by atoms with Crippen molar-refractivity contribution in [1.29, 1.82) is 0 Å². The molecule has 0 radical (unpaired) electrons. The van der Waals surface area contributed by atoms with Gasteiger partial charge >= 0.3 is 0 Å². The molecule has 2 fully saturated rings. The third-order valence-corrected chi connectivity index (χ3v) is 6.04. The van der Waals surface area contributed by atoms with Gasteiger partial charge in [-0.15, -0.1) is 0 Å². The van der Waals surface area contributed by atoms with E-state index in [0.29, 0.717) is 29.8 Å². The summed E-state index contributed by atoms with van der Waals surface area (Å²) in [4.78, 5) is 33.1. The van der Waals surface area contributed by atoms with Gasteiger partial charge in [0, 0.05) is 37.7 Å². The van der Waals surface area contributed by atoms with Gasteiger partial charge in [0.15, 0.2) is 16.8 Å². The third kappa shape index (κ3) is 4.34. The molecule has 1 aromatic heterocycles. The van der Waals surface area contributed by atoms with Crippen molar-refractivity contribution >= 4 is 34.9 Å². The highest BCUT2D eigenvalue weighted by Crippen LogP contribution is 2.38. The van der Waals surface area contributed by atoms with Crippen LogP contribution in [0.3, 0.4) is 0 Å². The van der Waals surface area contributed by atoms with Crippen molar-refractivity contribution in [2.75, 3.05) is 49.9 Å². The van der Waals surface area contributed by atoms with E-state index in [1.165, 1.54) is 11.8 Å². The van der Waals surface area contributed by atoms with Crippen LogP contribution in [0, 0.1) is 0 Å². The fourth-order valence-corrected chi connectivity index (χ4v) is 4.27. The fraction of sp³-hybridized carbons (Fsp3) is 0.450. The van der Waals surface area contributed by atoms with Gasteiger partial charge in [-0.1, -0.05) is 11.8 Å². The molecule has 1 amide bonds. The van der Waals surface area contributed by atoms with Crippen LogP contribution in [0.1, 0.15) is 23.2 Å². The summed E-state index contributed by atoms with van der Waals surface area (Å²) >= 11 is 1.25. The van der Waals surface area contributed by atoms with Crippen LogP contribution in [-0.2, 0) is 9.47 Å². The molecule has 4 N–H and O–H groups in total. The number of piperidine rings is 1. The third-order valence-electron chi connectivity index (χ3n) is 5.46. The quantitative estimate of drug-likeness (QED) is 0.447. The Labute approximate surface area is 183 Å². The number of benzene rings is 1. The lowest BCUT2D eigenvalue weighted by atomic mass is 10.0. The van der Waals surface area contributed by atoms with Crippen LogP contribution < -0.4 is 26.2 Å². The predicted octanol–water partition coefficient (Wildman–Crippen LogP) is 1.69. The summed E-state index contributed by atoms with van der Waals surface area (Å²) in [5.74, 6) is -0.543. The van der Waals surface area contributed by atoms with E-state index in [1.807, 2.05) is 12.1 Å². The maximum absolute atomic E-state index is 12.2. The molecule has 2 aromatic rings. The van der Waals surface area contributed by atoms with E-state index < -0.39 is 17.3 Å². The van der Waals surface area contributed by atoms with Gasteiger partial charge in [0.1, 0.15) is 11.3 Å². The zero-order chi connectivity index (χ0) is 22.0. The molecule has 2 aliphatic heterocycles. The van der Waals surface area contributed by atoms with Crippen molar-refractivity contribution in [3.8, 4) is 5.75 Å². The second-order valence-corrected chi connectivity index (χ2v) is 8.06. The Morgan fingerprint density at radius 2 is 2.03 bits per heavy atom. The number of hydrogen-bond acceptors (Lipinski definition) is 9. The first kappa shape index (κ1) is 21.5. The monoisotopic (exact) mass is 447 g/mol. The Hall–Kier alpha value is -2.76. The summed E-state index contributed by atoms with van der Waals surface area (Å²) < 4.78 is 17.2. The number of nitrogens with one attached hydrogen (secondary N) is 2. The zero-order valence-corrected chi connectivity index (χ0v) is 18.2. The average molecular weight is 448 g/mol. The second-order valence-electron chi connectivity index (χ2n) is 7.27. The maximum Gasteiger partial charge on any atom is 0.266 e. The standard InChI is InChI=1S/C20H25N5O5S/c1-28-14-11-12(22-17-15(16(21)26)18(27)24-19(23-17)31-2)3-4-13(14)25-7-5-20(6-8-25)29-9-10-30-20/h3-4,11H,5-10H2,1-2H3,(H2,21,26)(H2,22,23,24,27). The van der Waals surface area contributed by atoms with E-state index >= 15 is 0 Å². The molecule has 166 valence electrons. The number of methoxy groups -OCH3 is 1. The minimum absolute atomic E-state index is 0.103. The lowest BCUT2D eigenvalue weighted by Gasteiger charge is -2.39. The molecular weight excluding hydrogens is 422 g/mol. The van der Waals surface area contributed by atoms with E-state index in [4.69, 9.17) is 19.9 Å². The smallest absolute Gasteiger partial charge is 0.266 e. The first-order valence-corrected chi connectivity index (χ1v) is 11.1. The predicted molar refractivity (Wildman–Crippen MR) is 118 cm³/mol. The van der Waals surface area contributed by atoms with Gasteiger partial charge in [0.05, 0.1) is 26.0 Å². The Balaban J connectivity index is 1.57. The van der Waals surface area contributed by atoms with Crippen molar-refractivity contribution in [1.82, 2.24) is 9.97 Å². The number of amides is 1. The SMILES string of the molecule is COc1cc(Nc2nc(SC)[nH]c(=O)c2C(N)=O)ccc1N1CCC2(CC1)OCCO2. The molecule has 0 unspecified atom stereocenters. The lowest BCUT2D eigenvalue weighted by molar-refractivity contribution is -0.169. The van der Waals surface area contributed by atoms with Gasteiger partial charge < -0.3 is 35.1 Å². The molecule has 0 bridgehead atoms. The molecule has 2 saturated heterocycles. The topological polar surface area (TPSA) is 132 Å². The van der Waals surface area contributed by atoms with Crippen LogP contribution in [0.5, 0.6) is 5.75 Å². The summed E-state index contributed by atoms with van der Waals surface area (Å²) in [5.41, 5.74) is 6.14. The van der Waals surface area contributed by atoms with Crippen molar-refractivity contribution < 1.29 is 19.0 Å². The van der Waals surface area contributed by atoms with Gasteiger partial charge in [-0.3, -0.25) is 9.59 Å². The molecule has 0 atom stereocenters. The highest BCUT2D eigenvalue weighted by atomic mass is 32.2. The number of H-pyrrole nitrogens is 1. The van der Waals surface area contributed by atoms with E-state index in [-0.39, 0.29) is 11.4 Å². The second kappa shape index (κ2) is 8.77. The Morgan fingerprint density at radius 1 is 1.32 bits per heavy atom. The Kier molecular flexibility index (Phi) is 6.08. The van der Waals surface area contributed by atoms with Gasteiger partial charge in [0.25, 0.3) is 11.5 Å². The molecule has 0 aliphatic carbocycles. The van der Waals surface area contributed by atoms with Gasteiger partial charge in [-0.2, -0.15) is 0 Å². The minimum Gasteiger partial charge on any atom is -0.495 e. The number of nitrogens with two attached hydrogens (primary N) is 1. The molecule has 31 heavy (non-hydrogen) atoms. The van der Waals surface area contributed by atoms with E-state index in [1.54, 1.807) is 19.4 Å². The molecule has 2 aliphatic rings. The van der Waals surface area contributed by atoms with Gasteiger partial charge in [-0.05, 0) is 18.4 Å². The number of anilines is 3. The van der Waals surface area contributed by atoms with Gasteiger partial charge in [-0.25, -0.2) is 4.98 Å². The summed E-state index contributed by atoms with van der Waals surface area (Å²) in [6.45, 7) is 2.85. The largest absolute Gasteiger partial charge is 0.495 e. The number of ether oxygens (including phenoxy) is 3. The van der Waals surface area contributed by atoms with Crippen molar-refractivity contribution in [3.63, 3.8) is 0 Å². The number of carbonyl (C=O) groups excluding carboxylic acids is 1. The highest BCUT2D eigenvalue weighted by Gasteiger charge is 2.40. The van der Waals surface area contributed by atoms with Crippen LogP contribution in [-0.4, -0.2) is 61.3 Å². The number of thioether (sulfide) groups is 1. The number of aromatic amines is 1. The first-order chi connectivity index (χ1) is 14.9. The summed E-state index contributed by atoms with van der Waals surface area (Å²) in [6.07, 6.45) is 3.34. The van der Waals surface area contributed by atoms with Crippen LogP contribution in [0.25, 0.3) is 0 Å². The van der Waals surface area contributed by atoms with Crippen LogP contribution >= 0.6 is 11.8 Å². The van der Waals surface area contributed by atoms with Crippen molar-refractivity contribution in [2.24, 2.45) is 5.73 Å². The van der Waals surface area contributed by atoms with Gasteiger partial charge in [0.2, 0.25) is 0 Å². The molecule has 4 rings (SSSR count). The number of carbonyl (C=O) groups is 1. The van der Waals surface area contributed by atoms with E-state index in [0.717, 1.165) is 31.6 Å². The highest BCUT2D eigenvalue weighted by molar-refractivity contribution is 7.98. The molecule has 3 heterocycles. The van der Waals surface area contributed by atoms with Crippen LogP contribution in [0.4, 0.5) is 17.2 Å². The molecule has 1 spiro atoms. The molecule has 1 aromatic carbocycles. The zero-order valence-electron chi connectivity index (χ0n) is 17.4. The number of nitrogens with zero attached hydrogens (tertiary/aromatic N) is 2. The minimum atomic E-state index is -0.855. The Bertz CT molecular complexity index is 1030. The van der Waals surface area contributed by atoms with E-state index in [9.17, 15) is 9.59 Å². The summed E-state index contributed by atoms with van der Waals surface area (Å²) in [7, 11) is 1.60. The van der Waals surface area contributed by atoms with Crippen molar-refractivity contribution in [2.45, 2.75) is 23.8 Å². The first-order valence-electron chi connectivity index (χ1n) is 9.91. The molecule has 11 heteroatoms. The normalized spacial score (nSPS) is 17.7. The maximum atomic E-state index is 12.2. The number of rotatable bonds is 6. The van der Waals surface area contributed by atoms with Crippen molar-refractivity contribution in [3.05, 3.63) is 34.1 Å². The van der Waals surface area contributed by atoms with Crippen LogP contribution in [0.15, 0.2) is 28.2 Å².